The average Bonchev–Trinajstić information content (AvgIpc) is 3.14. The molecule has 1 heterocycles. The number of hydrogen-bond acceptors (Lipinski definition) is 3. The molecule has 6 nitrogen and oxygen atoms in total. The fraction of sp³-hybridized carbons (Fsp3) is 0.286. The van der Waals surface area contributed by atoms with Crippen LogP contribution in [-0.2, 0) is 4.79 Å². The van der Waals surface area contributed by atoms with Crippen molar-refractivity contribution in [3.8, 4) is 0 Å². The molecule has 27 heavy (non-hydrogen) atoms. The first-order valence-corrected chi connectivity index (χ1v) is 9.01. The van der Waals surface area contributed by atoms with E-state index in [0.717, 1.165) is 17.7 Å². The summed E-state index contributed by atoms with van der Waals surface area (Å²) in [6.45, 7) is 3.92. The molecule has 1 saturated heterocycles. The molecular formula is C21H23N3O3. The van der Waals surface area contributed by atoms with Crippen molar-refractivity contribution in [2.24, 2.45) is 0 Å². The van der Waals surface area contributed by atoms with Gasteiger partial charge in [0, 0.05) is 23.5 Å². The molecule has 0 aliphatic carbocycles. The highest BCUT2D eigenvalue weighted by Crippen LogP contribution is 2.22. The molecule has 2 aromatic rings. The summed E-state index contributed by atoms with van der Waals surface area (Å²) in [6.07, 6.45) is 1.39. The van der Waals surface area contributed by atoms with Crippen molar-refractivity contribution in [2.45, 2.75) is 32.7 Å². The fourth-order valence-electron chi connectivity index (χ4n) is 3.22. The van der Waals surface area contributed by atoms with Crippen molar-refractivity contribution in [1.29, 1.82) is 0 Å². The SMILES string of the molecule is CC(=O)c1cccc(NC(=O)N2CCCC2C(=O)Nc2ccccc2C)c1. The van der Waals surface area contributed by atoms with Crippen molar-refractivity contribution in [2.75, 3.05) is 17.2 Å². The second kappa shape index (κ2) is 8.03. The molecule has 0 bridgehead atoms. The lowest BCUT2D eigenvalue weighted by Crippen LogP contribution is -2.45. The molecule has 0 radical (unpaired) electrons. The number of ketones is 1. The van der Waals surface area contributed by atoms with Gasteiger partial charge in [0.2, 0.25) is 5.91 Å². The van der Waals surface area contributed by atoms with Crippen molar-refractivity contribution >= 4 is 29.1 Å². The van der Waals surface area contributed by atoms with E-state index in [2.05, 4.69) is 10.6 Å². The second-order valence-electron chi connectivity index (χ2n) is 6.72. The van der Waals surface area contributed by atoms with E-state index in [0.29, 0.717) is 24.2 Å². The predicted molar refractivity (Wildman–Crippen MR) is 105 cm³/mol. The maximum atomic E-state index is 12.7. The van der Waals surface area contributed by atoms with Crippen LogP contribution >= 0.6 is 0 Å². The maximum Gasteiger partial charge on any atom is 0.322 e. The summed E-state index contributed by atoms with van der Waals surface area (Å²) >= 11 is 0. The second-order valence-corrected chi connectivity index (χ2v) is 6.72. The van der Waals surface area contributed by atoms with Crippen LogP contribution in [0, 0.1) is 6.92 Å². The van der Waals surface area contributed by atoms with E-state index in [1.54, 1.807) is 29.2 Å². The lowest BCUT2D eigenvalue weighted by molar-refractivity contribution is -0.119. The normalized spacial score (nSPS) is 16.1. The third-order valence-corrected chi connectivity index (χ3v) is 4.74. The third-order valence-electron chi connectivity index (χ3n) is 4.74. The molecule has 1 unspecified atom stereocenters. The number of anilines is 2. The van der Waals surface area contributed by atoms with Gasteiger partial charge in [-0.2, -0.15) is 0 Å². The van der Waals surface area contributed by atoms with Crippen molar-refractivity contribution in [3.05, 3.63) is 59.7 Å². The van der Waals surface area contributed by atoms with E-state index in [4.69, 9.17) is 0 Å². The number of rotatable bonds is 4. The van der Waals surface area contributed by atoms with E-state index >= 15 is 0 Å². The molecule has 3 amide bonds. The van der Waals surface area contributed by atoms with Gasteiger partial charge < -0.3 is 15.5 Å². The maximum absolute atomic E-state index is 12.7. The molecule has 1 aliphatic rings. The van der Waals surface area contributed by atoms with Crippen LogP contribution in [0.15, 0.2) is 48.5 Å². The van der Waals surface area contributed by atoms with E-state index in [1.807, 2.05) is 31.2 Å². The predicted octanol–water partition coefficient (Wildman–Crippen LogP) is 3.83. The van der Waals surface area contributed by atoms with Gasteiger partial charge >= 0.3 is 6.03 Å². The highest BCUT2D eigenvalue weighted by molar-refractivity contribution is 6.00. The Morgan fingerprint density at radius 1 is 1.04 bits per heavy atom. The number of nitrogens with zero attached hydrogens (tertiary/aromatic N) is 1. The monoisotopic (exact) mass is 365 g/mol. The van der Waals surface area contributed by atoms with Crippen molar-refractivity contribution in [3.63, 3.8) is 0 Å². The first-order chi connectivity index (χ1) is 13.0. The molecule has 0 aromatic heterocycles. The minimum Gasteiger partial charge on any atom is -0.324 e. The minimum atomic E-state index is -0.513. The molecule has 1 aliphatic heterocycles. The summed E-state index contributed by atoms with van der Waals surface area (Å²) in [5.74, 6) is -0.253. The van der Waals surface area contributed by atoms with Gasteiger partial charge in [0.1, 0.15) is 6.04 Å². The van der Waals surface area contributed by atoms with E-state index < -0.39 is 6.04 Å². The molecule has 3 rings (SSSR count). The molecule has 0 saturated carbocycles. The summed E-state index contributed by atoms with van der Waals surface area (Å²) in [6, 6.07) is 13.5. The van der Waals surface area contributed by atoms with Gasteiger partial charge in [0.25, 0.3) is 0 Å². The van der Waals surface area contributed by atoms with Gasteiger partial charge in [-0.05, 0) is 50.5 Å². The van der Waals surface area contributed by atoms with Gasteiger partial charge in [-0.1, -0.05) is 30.3 Å². The van der Waals surface area contributed by atoms with Crippen molar-refractivity contribution < 1.29 is 14.4 Å². The average molecular weight is 365 g/mol. The third kappa shape index (κ3) is 4.34. The molecule has 1 fully saturated rings. The van der Waals surface area contributed by atoms with Crippen LogP contribution in [0.3, 0.4) is 0 Å². The quantitative estimate of drug-likeness (QED) is 0.808. The molecule has 0 spiro atoms. The van der Waals surface area contributed by atoms with E-state index in [1.165, 1.54) is 6.92 Å². The zero-order valence-corrected chi connectivity index (χ0v) is 15.5. The van der Waals surface area contributed by atoms with Gasteiger partial charge in [0.15, 0.2) is 5.78 Å². The molecular weight excluding hydrogens is 342 g/mol. The zero-order chi connectivity index (χ0) is 19.4. The van der Waals surface area contributed by atoms with Crippen LogP contribution in [-0.4, -0.2) is 35.2 Å². The molecule has 2 aromatic carbocycles. The number of para-hydroxylation sites is 1. The first-order valence-electron chi connectivity index (χ1n) is 9.01. The first kappa shape index (κ1) is 18.6. The highest BCUT2D eigenvalue weighted by Gasteiger charge is 2.34. The fourth-order valence-corrected chi connectivity index (χ4v) is 3.22. The Labute approximate surface area is 158 Å². The lowest BCUT2D eigenvalue weighted by atomic mass is 10.1. The number of benzene rings is 2. The molecule has 6 heteroatoms. The summed E-state index contributed by atoms with van der Waals surface area (Å²) in [5.41, 5.74) is 2.80. The number of urea groups is 1. The summed E-state index contributed by atoms with van der Waals surface area (Å²) < 4.78 is 0. The number of Topliss-reactive ketones (excluding diaryl/α,β-unsaturated/α-hetero) is 1. The summed E-state index contributed by atoms with van der Waals surface area (Å²) in [4.78, 5) is 38.4. The number of nitrogens with one attached hydrogen (secondary N) is 2. The minimum absolute atomic E-state index is 0.0669. The standard InChI is InChI=1S/C21H23N3O3/c1-14-7-3-4-10-18(14)23-20(26)19-11-6-12-24(19)21(27)22-17-9-5-8-16(13-17)15(2)25/h3-5,7-10,13,19H,6,11-12H2,1-2H3,(H,22,27)(H,23,26). The van der Waals surface area contributed by atoms with Crippen LogP contribution in [0.1, 0.15) is 35.7 Å². The Morgan fingerprint density at radius 2 is 1.81 bits per heavy atom. The van der Waals surface area contributed by atoms with Gasteiger partial charge in [-0.25, -0.2) is 4.79 Å². The van der Waals surface area contributed by atoms with Gasteiger partial charge in [0.05, 0.1) is 0 Å². The largest absolute Gasteiger partial charge is 0.324 e. The topological polar surface area (TPSA) is 78.5 Å². The van der Waals surface area contributed by atoms with Gasteiger partial charge in [-0.3, -0.25) is 9.59 Å². The Bertz CT molecular complexity index is 878. The Balaban J connectivity index is 1.69. The smallest absolute Gasteiger partial charge is 0.322 e. The highest BCUT2D eigenvalue weighted by atomic mass is 16.2. The van der Waals surface area contributed by atoms with E-state index in [-0.39, 0.29) is 17.7 Å². The van der Waals surface area contributed by atoms with Crippen LogP contribution in [0.2, 0.25) is 0 Å². The van der Waals surface area contributed by atoms with Crippen LogP contribution < -0.4 is 10.6 Å². The van der Waals surface area contributed by atoms with E-state index in [9.17, 15) is 14.4 Å². The van der Waals surface area contributed by atoms with Crippen LogP contribution in [0.4, 0.5) is 16.2 Å². The number of carbonyl (C=O) groups excluding carboxylic acids is 3. The molecule has 1 atom stereocenters. The Kier molecular flexibility index (Phi) is 5.54. The molecule has 2 N–H and O–H groups in total. The summed E-state index contributed by atoms with van der Waals surface area (Å²) in [7, 11) is 0. The number of likely N-dealkylation sites (tertiary alicyclic amines) is 1. The van der Waals surface area contributed by atoms with Gasteiger partial charge in [-0.15, -0.1) is 0 Å². The zero-order valence-electron chi connectivity index (χ0n) is 15.5. The number of hydrogen-bond donors (Lipinski definition) is 2. The molecule has 140 valence electrons. The number of aryl methyl sites for hydroxylation is 1. The number of carbonyl (C=O) groups is 3. The summed E-state index contributed by atoms with van der Waals surface area (Å²) in [5, 5.41) is 5.71. The van der Waals surface area contributed by atoms with Crippen LogP contribution in [0.5, 0.6) is 0 Å². The number of amides is 3. The Morgan fingerprint density at radius 3 is 2.56 bits per heavy atom. The Hall–Kier alpha value is -3.15. The van der Waals surface area contributed by atoms with Crippen molar-refractivity contribution in [1.82, 2.24) is 4.90 Å². The van der Waals surface area contributed by atoms with Crippen LogP contribution in [0.25, 0.3) is 0 Å². The lowest BCUT2D eigenvalue weighted by Gasteiger charge is -2.24.